The molecular formula is C7H15NO3. The number of hydrogen-bond donors (Lipinski definition) is 1. The standard InChI is InChI=1S/C7H15NO3/c1-7(2,3)11-6(9)5-10-8-4/h8H,5H2,1-4H3. The summed E-state index contributed by atoms with van der Waals surface area (Å²) in [6.07, 6.45) is 0. The van der Waals surface area contributed by atoms with Crippen LogP contribution in [0.4, 0.5) is 0 Å². The number of hydroxylamine groups is 1. The predicted octanol–water partition coefficient (Wildman–Crippen LogP) is 0.479. The molecule has 0 fully saturated rings. The van der Waals surface area contributed by atoms with Crippen LogP contribution in [0, 0.1) is 0 Å². The fourth-order valence-electron chi connectivity index (χ4n) is 0.502. The number of ether oxygens (including phenoxy) is 1. The minimum absolute atomic E-state index is 0.0617. The summed E-state index contributed by atoms with van der Waals surface area (Å²) in [4.78, 5) is 15.4. The maximum absolute atomic E-state index is 10.8. The van der Waals surface area contributed by atoms with Gasteiger partial charge in [-0.3, -0.25) is 4.84 Å². The molecule has 0 aliphatic carbocycles. The van der Waals surface area contributed by atoms with Crippen molar-refractivity contribution in [2.75, 3.05) is 13.7 Å². The van der Waals surface area contributed by atoms with Crippen LogP contribution in [-0.4, -0.2) is 25.2 Å². The van der Waals surface area contributed by atoms with Crippen LogP contribution in [-0.2, 0) is 14.4 Å². The Morgan fingerprint density at radius 2 is 2.00 bits per heavy atom. The zero-order chi connectivity index (χ0) is 8.91. The molecule has 4 heteroatoms. The molecule has 4 nitrogen and oxygen atoms in total. The summed E-state index contributed by atoms with van der Waals surface area (Å²) in [5.74, 6) is -0.369. The molecule has 0 aliphatic rings. The van der Waals surface area contributed by atoms with Crippen LogP contribution in [0.3, 0.4) is 0 Å². The highest BCUT2D eigenvalue weighted by atomic mass is 16.7. The van der Waals surface area contributed by atoms with Gasteiger partial charge >= 0.3 is 5.97 Å². The van der Waals surface area contributed by atoms with Gasteiger partial charge in [0.1, 0.15) is 5.60 Å². The Morgan fingerprint density at radius 1 is 1.45 bits per heavy atom. The van der Waals surface area contributed by atoms with E-state index in [1.165, 1.54) is 0 Å². The molecule has 0 aromatic carbocycles. The number of hydrogen-bond acceptors (Lipinski definition) is 4. The molecule has 0 aliphatic heterocycles. The van der Waals surface area contributed by atoms with E-state index in [0.29, 0.717) is 0 Å². The highest BCUT2D eigenvalue weighted by Crippen LogP contribution is 2.06. The third kappa shape index (κ3) is 7.29. The van der Waals surface area contributed by atoms with E-state index < -0.39 is 5.60 Å². The first kappa shape index (κ1) is 10.4. The lowest BCUT2D eigenvalue weighted by Gasteiger charge is -2.18. The molecule has 0 atom stereocenters. The summed E-state index contributed by atoms with van der Waals surface area (Å²) in [7, 11) is 1.59. The smallest absolute Gasteiger partial charge is 0.334 e. The van der Waals surface area contributed by atoms with Gasteiger partial charge in [-0.05, 0) is 20.8 Å². The van der Waals surface area contributed by atoms with Crippen LogP contribution < -0.4 is 5.48 Å². The maximum Gasteiger partial charge on any atom is 0.334 e. The van der Waals surface area contributed by atoms with E-state index in [4.69, 9.17) is 4.74 Å². The Morgan fingerprint density at radius 3 is 2.36 bits per heavy atom. The third-order valence-electron chi connectivity index (χ3n) is 0.754. The molecule has 0 saturated heterocycles. The Kier molecular flexibility index (Phi) is 4.07. The second kappa shape index (κ2) is 4.31. The van der Waals surface area contributed by atoms with E-state index in [0.717, 1.165) is 0 Å². The van der Waals surface area contributed by atoms with Crippen molar-refractivity contribution >= 4 is 5.97 Å². The van der Waals surface area contributed by atoms with Gasteiger partial charge in [-0.1, -0.05) is 0 Å². The highest BCUT2D eigenvalue weighted by molar-refractivity contribution is 5.71. The van der Waals surface area contributed by atoms with Crippen molar-refractivity contribution in [3.8, 4) is 0 Å². The van der Waals surface area contributed by atoms with Gasteiger partial charge in [0.2, 0.25) is 0 Å². The lowest BCUT2D eigenvalue weighted by Crippen LogP contribution is -2.28. The molecule has 66 valence electrons. The van der Waals surface area contributed by atoms with E-state index >= 15 is 0 Å². The zero-order valence-corrected chi connectivity index (χ0v) is 7.43. The average molecular weight is 161 g/mol. The number of nitrogens with one attached hydrogen (secondary N) is 1. The van der Waals surface area contributed by atoms with Crippen LogP contribution >= 0.6 is 0 Å². The summed E-state index contributed by atoms with van der Waals surface area (Å²) in [5.41, 5.74) is 1.95. The van der Waals surface area contributed by atoms with Gasteiger partial charge in [-0.25, -0.2) is 10.3 Å². The van der Waals surface area contributed by atoms with Crippen molar-refractivity contribution in [3.05, 3.63) is 0 Å². The van der Waals surface area contributed by atoms with E-state index in [-0.39, 0.29) is 12.6 Å². The van der Waals surface area contributed by atoms with E-state index in [1.54, 1.807) is 7.05 Å². The van der Waals surface area contributed by atoms with Crippen molar-refractivity contribution in [3.63, 3.8) is 0 Å². The number of carbonyl (C=O) groups is 1. The molecule has 0 amide bonds. The Balaban J connectivity index is 3.53. The number of carbonyl (C=O) groups excluding carboxylic acids is 1. The van der Waals surface area contributed by atoms with Gasteiger partial charge < -0.3 is 4.74 Å². The lowest BCUT2D eigenvalue weighted by molar-refractivity contribution is -0.162. The van der Waals surface area contributed by atoms with E-state index in [9.17, 15) is 4.79 Å². The summed E-state index contributed by atoms with van der Waals surface area (Å²) >= 11 is 0. The third-order valence-corrected chi connectivity index (χ3v) is 0.754. The van der Waals surface area contributed by atoms with Gasteiger partial charge in [-0.15, -0.1) is 0 Å². The zero-order valence-electron chi connectivity index (χ0n) is 7.43. The van der Waals surface area contributed by atoms with Crippen molar-refractivity contribution in [1.82, 2.24) is 5.48 Å². The molecule has 0 bridgehead atoms. The second-order valence-electron chi connectivity index (χ2n) is 3.08. The molecule has 0 spiro atoms. The Bertz CT molecular complexity index is 128. The first-order valence-corrected chi connectivity index (χ1v) is 3.46. The fourth-order valence-corrected chi connectivity index (χ4v) is 0.502. The van der Waals surface area contributed by atoms with Crippen molar-refractivity contribution in [2.45, 2.75) is 26.4 Å². The van der Waals surface area contributed by atoms with Crippen LogP contribution in [0.15, 0.2) is 0 Å². The Labute approximate surface area is 66.8 Å². The Hall–Kier alpha value is -0.610. The summed E-state index contributed by atoms with van der Waals surface area (Å²) < 4.78 is 4.94. The molecule has 11 heavy (non-hydrogen) atoms. The van der Waals surface area contributed by atoms with Gasteiger partial charge in [-0.2, -0.15) is 0 Å². The molecule has 0 aromatic rings. The van der Waals surface area contributed by atoms with Crippen molar-refractivity contribution < 1.29 is 14.4 Å². The topological polar surface area (TPSA) is 47.6 Å². The van der Waals surface area contributed by atoms with Gasteiger partial charge in [0.05, 0.1) is 0 Å². The average Bonchev–Trinajstić information content (AvgIpc) is 1.79. The summed E-state index contributed by atoms with van der Waals surface area (Å²) in [6, 6.07) is 0. The lowest BCUT2D eigenvalue weighted by atomic mass is 10.2. The molecule has 0 rings (SSSR count). The van der Waals surface area contributed by atoms with Gasteiger partial charge in [0.15, 0.2) is 6.61 Å². The molecular weight excluding hydrogens is 146 g/mol. The normalized spacial score (nSPS) is 11.3. The van der Waals surface area contributed by atoms with Gasteiger partial charge in [0, 0.05) is 7.05 Å². The minimum atomic E-state index is -0.436. The monoisotopic (exact) mass is 161 g/mol. The number of rotatable bonds is 3. The van der Waals surface area contributed by atoms with Gasteiger partial charge in [0.25, 0.3) is 0 Å². The molecule has 0 aromatic heterocycles. The van der Waals surface area contributed by atoms with Crippen LogP contribution in [0.1, 0.15) is 20.8 Å². The highest BCUT2D eigenvalue weighted by Gasteiger charge is 2.15. The molecule has 0 radical (unpaired) electrons. The molecule has 0 saturated carbocycles. The molecule has 0 unspecified atom stereocenters. The quantitative estimate of drug-likeness (QED) is 0.483. The summed E-state index contributed by atoms with van der Waals surface area (Å²) in [6.45, 7) is 5.37. The van der Waals surface area contributed by atoms with Crippen molar-refractivity contribution in [1.29, 1.82) is 0 Å². The van der Waals surface area contributed by atoms with Crippen LogP contribution in [0.2, 0.25) is 0 Å². The van der Waals surface area contributed by atoms with Crippen molar-refractivity contribution in [2.24, 2.45) is 0 Å². The van der Waals surface area contributed by atoms with E-state index in [1.807, 2.05) is 20.8 Å². The van der Waals surface area contributed by atoms with Crippen LogP contribution in [0.5, 0.6) is 0 Å². The predicted molar refractivity (Wildman–Crippen MR) is 40.9 cm³/mol. The molecule has 1 N–H and O–H groups in total. The second-order valence-corrected chi connectivity index (χ2v) is 3.08. The fraction of sp³-hybridized carbons (Fsp3) is 0.857. The first-order valence-electron chi connectivity index (χ1n) is 3.46. The minimum Gasteiger partial charge on any atom is -0.458 e. The van der Waals surface area contributed by atoms with Crippen LogP contribution in [0.25, 0.3) is 0 Å². The molecule has 0 heterocycles. The number of esters is 1. The maximum atomic E-state index is 10.8. The largest absolute Gasteiger partial charge is 0.458 e. The first-order chi connectivity index (χ1) is 4.95. The van der Waals surface area contributed by atoms with E-state index in [2.05, 4.69) is 10.3 Å². The SMILES string of the molecule is CNOCC(=O)OC(C)(C)C. The summed E-state index contributed by atoms with van der Waals surface area (Å²) in [5, 5.41) is 0.